The van der Waals surface area contributed by atoms with Crippen molar-refractivity contribution >= 4 is 5.82 Å². The van der Waals surface area contributed by atoms with Crippen LogP contribution < -0.4 is 4.90 Å². The topological polar surface area (TPSA) is 19.4 Å². The van der Waals surface area contributed by atoms with E-state index in [4.69, 9.17) is 0 Å². The van der Waals surface area contributed by atoms with Crippen molar-refractivity contribution in [1.82, 2.24) is 9.88 Å². The molecular formula is C15H23N3. The van der Waals surface area contributed by atoms with Crippen LogP contribution in [0.25, 0.3) is 0 Å². The third-order valence-electron chi connectivity index (χ3n) is 4.35. The highest BCUT2D eigenvalue weighted by Crippen LogP contribution is 2.25. The fourth-order valence-electron chi connectivity index (χ4n) is 3.29. The smallest absolute Gasteiger partial charge is 0.128 e. The molecule has 98 valence electrons. The molecule has 0 N–H and O–H groups in total. The van der Waals surface area contributed by atoms with Gasteiger partial charge in [-0.15, -0.1) is 0 Å². The molecule has 18 heavy (non-hydrogen) atoms. The van der Waals surface area contributed by atoms with E-state index in [1.807, 2.05) is 0 Å². The molecule has 0 radical (unpaired) electrons. The lowest BCUT2D eigenvalue weighted by molar-refractivity contribution is 0.187. The molecule has 0 bridgehead atoms. The number of aromatic nitrogens is 1. The second kappa shape index (κ2) is 5.27. The molecule has 2 heterocycles. The monoisotopic (exact) mass is 245 g/mol. The third-order valence-corrected chi connectivity index (χ3v) is 4.35. The fraction of sp³-hybridized carbons (Fsp3) is 0.667. The molecule has 0 atom stereocenters. The van der Waals surface area contributed by atoms with Crippen LogP contribution in [0.5, 0.6) is 0 Å². The molecule has 3 heteroatoms. The molecule has 1 aromatic rings. The Balaban J connectivity index is 1.59. The molecule has 1 saturated carbocycles. The first-order chi connectivity index (χ1) is 8.83. The molecule has 3 rings (SSSR count). The lowest BCUT2D eigenvalue weighted by atomic mass is 10.2. The molecule has 0 spiro atoms. The Morgan fingerprint density at radius 3 is 2.44 bits per heavy atom. The zero-order valence-electron chi connectivity index (χ0n) is 11.3. The Morgan fingerprint density at radius 2 is 1.78 bits per heavy atom. The third kappa shape index (κ3) is 2.51. The predicted molar refractivity (Wildman–Crippen MR) is 75.0 cm³/mol. The molecule has 0 aromatic carbocycles. The van der Waals surface area contributed by atoms with Gasteiger partial charge in [-0.25, -0.2) is 4.98 Å². The Labute approximate surface area is 110 Å². The summed E-state index contributed by atoms with van der Waals surface area (Å²) in [5.41, 5.74) is 1.12. The van der Waals surface area contributed by atoms with E-state index in [-0.39, 0.29) is 0 Å². The van der Waals surface area contributed by atoms with Crippen molar-refractivity contribution in [1.29, 1.82) is 0 Å². The van der Waals surface area contributed by atoms with Gasteiger partial charge in [-0.1, -0.05) is 18.9 Å². The average Bonchev–Trinajstić information content (AvgIpc) is 2.93. The summed E-state index contributed by atoms with van der Waals surface area (Å²) in [4.78, 5) is 9.75. The largest absolute Gasteiger partial charge is 0.354 e. The van der Waals surface area contributed by atoms with E-state index in [0.29, 0.717) is 0 Å². The lowest BCUT2D eigenvalue weighted by Crippen LogP contribution is -2.50. The highest BCUT2D eigenvalue weighted by molar-refractivity contribution is 5.39. The van der Waals surface area contributed by atoms with E-state index in [9.17, 15) is 0 Å². The summed E-state index contributed by atoms with van der Waals surface area (Å²) in [5.74, 6) is 1.15. The van der Waals surface area contributed by atoms with Crippen LogP contribution in [0, 0.1) is 6.92 Å². The first-order valence-electron chi connectivity index (χ1n) is 7.25. The van der Waals surface area contributed by atoms with Crippen molar-refractivity contribution in [3.05, 3.63) is 23.9 Å². The summed E-state index contributed by atoms with van der Waals surface area (Å²) in [6.45, 7) is 6.75. The van der Waals surface area contributed by atoms with E-state index in [2.05, 4.69) is 39.9 Å². The van der Waals surface area contributed by atoms with Gasteiger partial charge < -0.3 is 4.90 Å². The second-order valence-corrected chi connectivity index (χ2v) is 5.60. The highest BCUT2D eigenvalue weighted by atomic mass is 15.3. The van der Waals surface area contributed by atoms with Gasteiger partial charge in [0.05, 0.1) is 0 Å². The summed E-state index contributed by atoms with van der Waals surface area (Å²) in [6, 6.07) is 7.19. The zero-order chi connectivity index (χ0) is 12.4. The van der Waals surface area contributed by atoms with E-state index >= 15 is 0 Å². The molecule has 1 saturated heterocycles. The van der Waals surface area contributed by atoms with Crippen LogP contribution in [0.1, 0.15) is 31.4 Å². The molecule has 1 aliphatic carbocycles. The summed E-state index contributed by atoms with van der Waals surface area (Å²) in [5, 5.41) is 0. The van der Waals surface area contributed by atoms with Gasteiger partial charge in [0.1, 0.15) is 5.82 Å². The SMILES string of the molecule is Cc1cccc(N2CCN(C3CCCC3)CC2)n1. The van der Waals surface area contributed by atoms with Crippen molar-refractivity contribution in [2.45, 2.75) is 38.6 Å². The van der Waals surface area contributed by atoms with E-state index in [1.165, 1.54) is 38.8 Å². The Hall–Kier alpha value is -1.09. The number of hydrogen-bond acceptors (Lipinski definition) is 3. The summed E-state index contributed by atoms with van der Waals surface area (Å²) >= 11 is 0. The van der Waals surface area contributed by atoms with E-state index in [1.54, 1.807) is 0 Å². The second-order valence-electron chi connectivity index (χ2n) is 5.60. The molecule has 1 aliphatic heterocycles. The normalized spacial score (nSPS) is 22.6. The van der Waals surface area contributed by atoms with Crippen LogP contribution in [-0.2, 0) is 0 Å². The van der Waals surface area contributed by atoms with Crippen LogP contribution in [-0.4, -0.2) is 42.1 Å². The highest BCUT2D eigenvalue weighted by Gasteiger charge is 2.26. The summed E-state index contributed by atoms with van der Waals surface area (Å²) in [6.07, 6.45) is 5.71. The molecule has 0 amide bonds. The average molecular weight is 245 g/mol. The number of pyridine rings is 1. The number of nitrogens with zero attached hydrogens (tertiary/aromatic N) is 3. The lowest BCUT2D eigenvalue weighted by Gasteiger charge is -2.38. The molecule has 2 fully saturated rings. The van der Waals surface area contributed by atoms with E-state index in [0.717, 1.165) is 30.6 Å². The molecule has 1 aromatic heterocycles. The Bertz CT molecular complexity index is 390. The maximum Gasteiger partial charge on any atom is 0.128 e. The standard InChI is InChI=1S/C15H23N3/c1-13-5-4-8-15(16-13)18-11-9-17(10-12-18)14-6-2-3-7-14/h4-5,8,14H,2-3,6-7,9-12H2,1H3. The predicted octanol–water partition coefficient (Wildman–Crippen LogP) is 2.45. The van der Waals surface area contributed by atoms with Gasteiger partial charge in [0.25, 0.3) is 0 Å². The van der Waals surface area contributed by atoms with Crippen LogP contribution in [0.4, 0.5) is 5.82 Å². The van der Waals surface area contributed by atoms with Gasteiger partial charge in [0.2, 0.25) is 0 Å². The fourth-order valence-corrected chi connectivity index (χ4v) is 3.29. The number of aryl methyl sites for hydroxylation is 1. The van der Waals surface area contributed by atoms with Crippen molar-refractivity contribution in [2.24, 2.45) is 0 Å². The van der Waals surface area contributed by atoms with Gasteiger partial charge in [-0.05, 0) is 31.9 Å². The Kier molecular flexibility index (Phi) is 3.50. The van der Waals surface area contributed by atoms with Crippen molar-refractivity contribution in [3.63, 3.8) is 0 Å². The minimum absolute atomic E-state index is 0.873. The van der Waals surface area contributed by atoms with Gasteiger partial charge >= 0.3 is 0 Å². The zero-order valence-corrected chi connectivity index (χ0v) is 11.3. The van der Waals surface area contributed by atoms with E-state index < -0.39 is 0 Å². The van der Waals surface area contributed by atoms with Crippen LogP contribution in [0.15, 0.2) is 18.2 Å². The summed E-state index contributed by atoms with van der Waals surface area (Å²) < 4.78 is 0. The molecule has 3 nitrogen and oxygen atoms in total. The maximum absolute atomic E-state index is 4.63. The van der Waals surface area contributed by atoms with Gasteiger partial charge in [0.15, 0.2) is 0 Å². The molecule has 0 unspecified atom stereocenters. The van der Waals surface area contributed by atoms with Crippen LogP contribution in [0.2, 0.25) is 0 Å². The van der Waals surface area contributed by atoms with Crippen LogP contribution in [0.3, 0.4) is 0 Å². The van der Waals surface area contributed by atoms with Crippen molar-refractivity contribution < 1.29 is 0 Å². The van der Waals surface area contributed by atoms with Gasteiger partial charge in [0, 0.05) is 37.9 Å². The van der Waals surface area contributed by atoms with Gasteiger partial charge in [-0.2, -0.15) is 0 Å². The number of rotatable bonds is 2. The van der Waals surface area contributed by atoms with Gasteiger partial charge in [-0.3, -0.25) is 4.90 Å². The number of piperazine rings is 1. The number of hydrogen-bond donors (Lipinski definition) is 0. The van der Waals surface area contributed by atoms with Crippen molar-refractivity contribution in [2.75, 3.05) is 31.1 Å². The quantitative estimate of drug-likeness (QED) is 0.798. The number of anilines is 1. The summed E-state index contributed by atoms with van der Waals surface area (Å²) in [7, 11) is 0. The first-order valence-corrected chi connectivity index (χ1v) is 7.25. The molecular weight excluding hydrogens is 222 g/mol. The Morgan fingerprint density at radius 1 is 1.06 bits per heavy atom. The molecule has 2 aliphatic rings. The van der Waals surface area contributed by atoms with Crippen molar-refractivity contribution in [3.8, 4) is 0 Å². The minimum atomic E-state index is 0.873. The minimum Gasteiger partial charge on any atom is -0.354 e. The van der Waals surface area contributed by atoms with Crippen LogP contribution >= 0.6 is 0 Å². The maximum atomic E-state index is 4.63. The first kappa shape index (κ1) is 12.0.